The van der Waals surface area contributed by atoms with Crippen molar-refractivity contribution in [2.75, 3.05) is 13.1 Å². The quantitative estimate of drug-likeness (QED) is 0.282. The molecule has 9 heteroatoms. The van der Waals surface area contributed by atoms with Gasteiger partial charge in [-0.05, 0) is 75.1 Å². The van der Waals surface area contributed by atoms with E-state index in [1.165, 1.54) is 6.07 Å². The van der Waals surface area contributed by atoms with Gasteiger partial charge in [0.15, 0.2) is 0 Å². The molecule has 0 fully saturated rings. The van der Waals surface area contributed by atoms with E-state index in [4.69, 9.17) is 11.6 Å². The van der Waals surface area contributed by atoms with Gasteiger partial charge in [-0.1, -0.05) is 29.8 Å². The van der Waals surface area contributed by atoms with Gasteiger partial charge in [-0.25, -0.2) is 14.2 Å². The van der Waals surface area contributed by atoms with E-state index in [0.717, 1.165) is 39.8 Å². The Kier molecular flexibility index (Phi) is 7.38. The third-order valence-electron chi connectivity index (χ3n) is 6.41. The first-order valence-electron chi connectivity index (χ1n) is 11.7. The standard InChI is InChI=1S/C28H22BrClFN5O/c29-27-14-20(7-9-33-27)16-34-28(37)36-25-6-4-19(15-32)12-21(25)22-17-35(11-8-26(22)36)10-1-2-18-3-5-24(31)23(30)13-18/h1-7,9,12-14H,8,10-11,16-17H2,(H,34,37)/b2-1+. The Morgan fingerprint density at radius 3 is 2.89 bits per heavy atom. The van der Waals surface area contributed by atoms with E-state index in [-0.39, 0.29) is 11.1 Å². The number of nitrogens with one attached hydrogen (secondary N) is 1. The van der Waals surface area contributed by atoms with Crippen molar-refractivity contribution in [3.63, 3.8) is 0 Å². The summed E-state index contributed by atoms with van der Waals surface area (Å²) in [6.07, 6.45) is 6.32. The third kappa shape index (κ3) is 5.44. The van der Waals surface area contributed by atoms with Crippen LogP contribution in [-0.4, -0.2) is 33.6 Å². The molecule has 2 aromatic carbocycles. The summed E-state index contributed by atoms with van der Waals surface area (Å²) < 4.78 is 15.9. The molecule has 1 N–H and O–H groups in total. The molecule has 37 heavy (non-hydrogen) atoms. The van der Waals surface area contributed by atoms with E-state index in [1.807, 2.05) is 36.4 Å². The van der Waals surface area contributed by atoms with Gasteiger partial charge in [0.2, 0.25) is 0 Å². The summed E-state index contributed by atoms with van der Waals surface area (Å²) in [4.78, 5) is 19.8. The van der Waals surface area contributed by atoms with Crippen LogP contribution in [0.1, 0.15) is 27.9 Å². The number of pyridine rings is 1. The van der Waals surface area contributed by atoms with Crippen molar-refractivity contribution in [3.05, 3.63) is 104 Å². The van der Waals surface area contributed by atoms with Crippen LogP contribution in [0.15, 0.2) is 65.4 Å². The zero-order valence-corrected chi connectivity index (χ0v) is 22.1. The molecule has 0 radical (unpaired) electrons. The number of benzene rings is 2. The van der Waals surface area contributed by atoms with Crippen LogP contribution in [-0.2, 0) is 19.5 Å². The molecule has 1 aliphatic rings. The van der Waals surface area contributed by atoms with Crippen molar-refractivity contribution in [3.8, 4) is 6.07 Å². The summed E-state index contributed by atoms with van der Waals surface area (Å²) in [5.74, 6) is -0.437. The maximum absolute atomic E-state index is 13.4. The second-order valence-electron chi connectivity index (χ2n) is 8.81. The minimum absolute atomic E-state index is 0.0979. The molecule has 0 atom stereocenters. The number of hydrogen-bond acceptors (Lipinski definition) is 4. The largest absolute Gasteiger partial charge is 0.333 e. The molecule has 0 bridgehead atoms. The summed E-state index contributed by atoms with van der Waals surface area (Å²) in [5.41, 5.74) is 5.13. The fourth-order valence-corrected chi connectivity index (χ4v) is 5.24. The zero-order valence-electron chi connectivity index (χ0n) is 19.7. The lowest BCUT2D eigenvalue weighted by atomic mass is 10.0. The number of hydrogen-bond donors (Lipinski definition) is 1. The smallest absolute Gasteiger partial charge is 0.326 e. The van der Waals surface area contributed by atoms with E-state index in [0.29, 0.717) is 36.2 Å². The van der Waals surface area contributed by atoms with Gasteiger partial charge in [-0.2, -0.15) is 5.26 Å². The van der Waals surface area contributed by atoms with Crippen molar-refractivity contribution in [2.45, 2.75) is 19.5 Å². The molecule has 0 unspecified atom stereocenters. The van der Waals surface area contributed by atoms with Gasteiger partial charge in [0, 0.05) is 49.9 Å². The van der Waals surface area contributed by atoms with Gasteiger partial charge in [0.05, 0.1) is 22.2 Å². The number of aromatic nitrogens is 2. The van der Waals surface area contributed by atoms with Crippen molar-refractivity contribution in [1.29, 1.82) is 5.26 Å². The molecule has 186 valence electrons. The number of nitrogens with zero attached hydrogens (tertiary/aromatic N) is 4. The molecular weight excluding hydrogens is 557 g/mol. The number of halogens is 3. The highest BCUT2D eigenvalue weighted by Crippen LogP contribution is 2.32. The normalized spacial score (nSPS) is 13.6. The Morgan fingerprint density at radius 1 is 1.24 bits per heavy atom. The van der Waals surface area contributed by atoms with E-state index < -0.39 is 5.82 Å². The first-order valence-corrected chi connectivity index (χ1v) is 12.9. The van der Waals surface area contributed by atoms with Crippen molar-refractivity contribution >= 4 is 50.5 Å². The first-order chi connectivity index (χ1) is 17.9. The molecule has 6 nitrogen and oxygen atoms in total. The average Bonchev–Trinajstić information content (AvgIpc) is 3.22. The summed E-state index contributed by atoms with van der Waals surface area (Å²) in [5, 5.41) is 13.5. The zero-order chi connectivity index (χ0) is 25.9. The van der Waals surface area contributed by atoms with Crippen molar-refractivity contribution in [1.82, 2.24) is 19.8 Å². The van der Waals surface area contributed by atoms with E-state index in [9.17, 15) is 14.4 Å². The predicted octanol–water partition coefficient (Wildman–Crippen LogP) is 6.29. The van der Waals surface area contributed by atoms with Crippen LogP contribution in [0.4, 0.5) is 9.18 Å². The minimum Gasteiger partial charge on any atom is -0.333 e. The highest BCUT2D eigenvalue weighted by molar-refractivity contribution is 9.10. The van der Waals surface area contributed by atoms with Crippen LogP contribution in [0, 0.1) is 17.1 Å². The van der Waals surface area contributed by atoms with Crippen molar-refractivity contribution in [2.24, 2.45) is 0 Å². The van der Waals surface area contributed by atoms with Gasteiger partial charge in [0.1, 0.15) is 10.4 Å². The van der Waals surface area contributed by atoms with E-state index in [1.54, 1.807) is 29.0 Å². The molecule has 5 rings (SSSR count). The molecule has 4 aromatic rings. The molecule has 0 aliphatic carbocycles. The Balaban J connectivity index is 1.39. The van der Waals surface area contributed by atoms with Gasteiger partial charge in [-0.15, -0.1) is 0 Å². The molecule has 1 aliphatic heterocycles. The second kappa shape index (κ2) is 10.9. The second-order valence-corrected chi connectivity index (χ2v) is 10.0. The lowest BCUT2D eigenvalue weighted by molar-refractivity contribution is 0.240. The van der Waals surface area contributed by atoms with Gasteiger partial charge >= 0.3 is 6.03 Å². The Labute approximate surface area is 227 Å². The maximum atomic E-state index is 13.4. The van der Waals surface area contributed by atoms with E-state index in [2.05, 4.69) is 37.2 Å². The first kappa shape index (κ1) is 25.2. The molecule has 0 saturated carbocycles. The van der Waals surface area contributed by atoms with Gasteiger partial charge in [-0.3, -0.25) is 9.47 Å². The SMILES string of the molecule is N#Cc1ccc2c(c1)c1c(n2C(=O)NCc2ccnc(Br)c2)CCN(C/C=C/c2ccc(F)c(Cl)c2)C1. The highest BCUT2D eigenvalue weighted by atomic mass is 79.9. The van der Waals surface area contributed by atoms with Gasteiger partial charge < -0.3 is 5.32 Å². The molecule has 0 spiro atoms. The average molecular weight is 579 g/mol. The number of fused-ring (bicyclic) bond motifs is 3. The fraction of sp³-hybridized carbons (Fsp3) is 0.179. The summed E-state index contributed by atoms with van der Waals surface area (Å²) in [6.45, 7) is 2.47. The molecular formula is C28H22BrClFN5O. The fourth-order valence-electron chi connectivity index (χ4n) is 4.63. The van der Waals surface area contributed by atoms with Crippen molar-refractivity contribution < 1.29 is 9.18 Å². The number of rotatable bonds is 5. The maximum Gasteiger partial charge on any atom is 0.326 e. The number of amides is 1. The lowest BCUT2D eigenvalue weighted by Crippen LogP contribution is -2.34. The highest BCUT2D eigenvalue weighted by Gasteiger charge is 2.26. The van der Waals surface area contributed by atoms with Crippen LogP contribution in [0.5, 0.6) is 0 Å². The van der Waals surface area contributed by atoms with Crippen LogP contribution in [0.25, 0.3) is 17.0 Å². The summed E-state index contributed by atoms with van der Waals surface area (Å²) >= 11 is 9.25. The minimum atomic E-state index is -0.437. The Bertz CT molecular complexity index is 1580. The molecule has 3 heterocycles. The molecule has 2 aromatic heterocycles. The van der Waals surface area contributed by atoms with Crippen LogP contribution in [0.3, 0.4) is 0 Å². The Hall–Kier alpha value is -3.51. The molecule has 0 saturated heterocycles. The summed E-state index contributed by atoms with van der Waals surface area (Å²) in [7, 11) is 0. The van der Waals surface area contributed by atoms with E-state index >= 15 is 0 Å². The number of carbonyl (C=O) groups excluding carboxylic acids is 1. The number of nitriles is 1. The lowest BCUT2D eigenvalue weighted by Gasteiger charge is -2.27. The number of carbonyl (C=O) groups is 1. The monoisotopic (exact) mass is 577 g/mol. The predicted molar refractivity (Wildman–Crippen MR) is 146 cm³/mol. The summed E-state index contributed by atoms with van der Waals surface area (Å²) in [6, 6.07) is 15.8. The molecule has 1 amide bonds. The van der Waals surface area contributed by atoms with Crippen LogP contribution in [0.2, 0.25) is 5.02 Å². The van der Waals surface area contributed by atoms with Gasteiger partial charge in [0.25, 0.3) is 0 Å². The topological polar surface area (TPSA) is 74.0 Å². The Morgan fingerprint density at radius 2 is 2.11 bits per heavy atom. The van der Waals surface area contributed by atoms with Crippen LogP contribution >= 0.6 is 27.5 Å². The van der Waals surface area contributed by atoms with Crippen LogP contribution < -0.4 is 5.32 Å². The third-order valence-corrected chi connectivity index (χ3v) is 7.14.